The molecule has 0 aromatic heterocycles. The Balaban J connectivity index is 2.71. The van der Waals surface area contributed by atoms with Crippen LogP contribution in [-0.2, 0) is 4.79 Å². The number of carbonyl (C=O) groups is 1. The number of rotatable bonds is 3. The molecule has 0 saturated heterocycles. The van der Waals surface area contributed by atoms with E-state index >= 15 is 0 Å². The van der Waals surface area contributed by atoms with Crippen LogP contribution >= 0.6 is 0 Å². The SMILES string of the molecule is CC(C)C(C(N)=O)C1=NCCN1. The van der Waals surface area contributed by atoms with E-state index in [9.17, 15) is 4.79 Å². The second kappa shape index (κ2) is 3.56. The lowest BCUT2D eigenvalue weighted by Gasteiger charge is -2.17. The normalized spacial score (nSPS) is 18.8. The summed E-state index contributed by atoms with van der Waals surface area (Å²) in [5.41, 5.74) is 5.26. The third-order valence-electron chi connectivity index (χ3n) is 1.97. The second-order valence-corrected chi connectivity index (χ2v) is 3.32. The predicted octanol–water partition coefficient (Wildman–Crippen LogP) is -0.254. The fourth-order valence-corrected chi connectivity index (χ4v) is 1.40. The van der Waals surface area contributed by atoms with Gasteiger partial charge in [0.05, 0.1) is 12.5 Å². The zero-order chi connectivity index (χ0) is 9.14. The number of nitrogens with two attached hydrogens (primary N) is 1. The molecule has 1 aliphatic heterocycles. The highest BCUT2D eigenvalue weighted by atomic mass is 16.1. The van der Waals surface area contributed by atoms with Gasteiger partial charge in [-0.05, 0) is 5.92 Å². The number of amides is 1. The highest BCUT2D eigenvalue weighted by Gasteiger charge is 2.26. The van der Waals surface area contributed by atoms with Crippen LogP contribution in [0, 0.1) is 11.8 Å². The molecule has 0 spiro atoms. The summed E-state index contributed by atoms with van der Waals surface area (Å²) in [4.78, 5) is 15.2. The van der Waals surface area contributed by atoms with E-state index < -0.39 is 0 Å². The molecule has 0 bridgehead atoms. The summed E-state index contributed by atoms with van der Waals surface area (Å²) in [6.07, 6.45) is 0. The van der Waals surface area contributed by atoms with Crippen molar-refractivity contribution in [3.63, 3.8) is 0 Å². The molecule has 1 unspecified atom stereocenters. The summed E-state index contributed by atoms with van der Waals surface area (Å²) >= 11 is 0. The fourth-order valence-electron chi connectivity index (χ4n) is 1.40. The van der Waals surface area contributed by atoms with Gasteiger partial charge in [0.15, 0.2) is 0 Å². The molecule has 0 saturated carbocycles. The van der Waals surface area contributed by atoms with Gasteiger partial charge in [0.2, 0.25) is 5.91 Å². The van der Waals surface area contributed by atoms with Gasteiger partial charge in [-0.1, -0.05) is 13.8 Å². The van der Waals surface area contributed by atoms with Gasteiger partial charge in [0, 0.05) is 6.54 Å². The van der Waals surface area contributed by atoms with Crippen LogP contribution in [0.15, 0.2) is 4.99 Å². The Morgan fingerprint density at radius 2 is 2.33 bits per heavy atom. The zero-order valence-electron chi connectivity index (χ0n) is 7.50. The molecule has 0 fully saturated rings. The number of aliphatic imine (C=N–C) groups is 1. The van der Waals surface area contributed by atoms with Crippen molar-refractivity contribution in [2.75, 3.05) is 13.1 Å². The van der Waals surface area contributed by atoms with Gasteiger partial charge < -0.3 is 11.1 Å². The predicted molar refractivity (Wildman–Crippen MR) is 47.8 cm³/mol. The van der Waals surface area contributed by atoms with Crippen LogP contribution in [0.4, 0.5) is 0 Å². The Hall–Kier alpha value is -1.06. The minimum Gasteiger partial charge on any atom is -0.371 e. The standard InChI is InChI=1S/C8H15N3O/c1-5(2)6(7(9)12)8-10-3-4-11-8/h5-6H,3-4H2,1-2H3,(H2,9,12)(H,10,11). The molecule has 1 aliphatic rings. The highest BCUT2D eigenvalue weighted by Crippen LogP contribution is 2.12. The van der Waals surface area contributed by atoms with E-state index in [1.165, 1.54) is 0 Å². The maximum atomic E-state index is 11.0. The van der Waals surface area contributed by atoms with Gasteiger partial charge in [-0.25, -0.2) is 0 Å². The number of carbonyl (C=O) groups excluding carboxylic acids is 1. The first-order valence-electron chi connectivity index (χ1n) is 4.20. The van der Waals surface area contributed by atoms with Crippen molar-refractivity contribution in [2.24, 2.45) is 22.6 Å². The Kier molecular flexibility index (Phi) is 2.68. The van der Waals surface area contributed by atoms with Gasteiger partial charge in [0.25, 0.3) is 0 Å². The second-order valence-electron chi connectivity index (χ2n) is 3.32. The van der Waals surface area contributed by atoms with E-state index in [4.69, 9.17) is 5.73 Å². The van der Waals surface area contributed by atoms with E-state index in [1.807, 2.05) is 13.8 Å². The third-order valence-corrected chi connectivity index (χ3v) is 1.97. The molecule has 3 N–H and O–H groups in total. The number of hydrogen-bond donors (Lipinski definition) is 2. The first kappa shape index (κ1) is 9.03. The molecule has 1 atom stereocenters. The molecular formula is C8H15N3O. The van der Waals surface area contributed by atoms with Crippen molar-refractivity contribution in [2.45, 2.75) is 13.8 Å². The monoisotopic (exact) mass is 169 g/mol. The molecule has 4 nitrogen and oxygen atoms in total. The Bertz CT molecular complexity index is 210. The lowest BCUT2D eigenvalue weighted by molar-refractivity contribution is -0.120. The average Bonchev–Trinajstić information content (AvgIpc) is 2.37. The van der Waals surface area contributed by atoms with Gasteiger partial charge in [0.1, 0.15) is 5.84 Å². The van der Waals surface area contributed by atoms with Crippen molar-refractivity contribution in [3.8, 4) is 0 Å². The molecular weight excluding hydrogens is 154 g/mol. The lowest BCUT2D eigenvalue weighted by Crippen LogP contribution is -2.39. The maximum Gasteiger partial charge on any atom is 0.228 e. The smallest absolute Gasteiger partial charge is 0.228 e. The van der Waals surface area contributed by atoms with Crippen LogP contribution in [0.1, 0.15) is 13.8 Å². The molecule has 0 aromatic rings. The molecule has 68 valence electrons. The summed E-state index contributed by atoms with van der Waals surface area (Å²) < 4.78 is 0. The van der Waals surface area contributed by atoms with Crippen LogP contribution in [0.25, 0.3) is 0 Å². The van der Waals surface area contributed by atoms with Gasteiger partial charge in [-0.3, -0.25) is 9.79 Å². The Morgan fingerprint density at radius 1 is 1.67 bits per heavy atom. The molecule has 1 heterocycles. The van der Waals surface area contributed by atoms with Crippen LogP contribution in [-0.4, -0.2) is 24.8 Å². The quantitative estimate of drug-likeness (QED) is 0.611. The summed E-state index contributed by atoms with van der Waals surface area (Å²) in [6.45, 7) is 5.52. The van der Waals surface area contributed by atoms with E-state index in [-0.39, 0.29) is 17.7 Å². The van der Waals surface area contributed by atoms with Crippen molar-refractivity contribution in [1.82, 2.24) is 5.32 Å². The number of hydrogen-bond acceptors (Lipinski definition) is 3. The van der Waals surface area contributed by atoms with Crippen molar-refractivity contribution in [1.29, 1.82) is 0 Å². The first-order valence-corrected chi connectivity index (χ1v) is 4.20. The minimum atomic E-state index is -0.293. The summed E-state index contributed by atoms with van der Waals surface area (Å²) in [5.74, 6) is 0.440. The molecule has 1 amide bonds. The van der Waals surface area contributed by atoms with E-state index in [1.54, 1.807) is 0 Å². The molecule has 0 aliphatic carbocycles. The number of primary amides is 1. The minimum absolute atomic E-state index is 0.215. The fraction of sp³-hybridized carbons (Fsp3) is 0.750. The Morgan fingerprint density at radius 3 is 2.67 bits per heavy atom. The third kappa shape index (κ3) is 1.75. The molecule has 0 aromatic carbocycles. The van der Waals surface area contributed by atoms with Crippen molar-refractivity contribution < 1.29 is 4.79 Å². The topological polar surface area (TPSA) is 67.5 Å². The largest absolute Gasteiger partial charge is 0.371 e. The van der Waals surface area contributed by atoms with Crippen molar-refractivity contribution >= 4 is 11.7 Å². The summed E-state index contributed by atoms with van der Waals surface area (Å²) in [5, 5.41) is 3.07. The maximum absolute atomic E-state index is 11.0. The van der Waals surface area contributed by atoms with Crippen LogP contribution in [0.2, 0.25) is 0 Å². The van der Waals surface area contributed by atoms with Crippen molar-refractivity contribution in [3.05, 3.63) is 0 Å². The molecule has 1 rings (SSSR count). The lowest BCUT2D eigenvalue weighted by atomic mass is 9.94. The number of amidine groups is 1. The van der Waals surface area contributed by atoms with Crippen LogP contribution in [0.5, 0.6) is 0 Å². The number of nitrogens with zero attached hydrogens (tertiary/aromatic N) is 1. The zero-order valence-corrected chi connectivity index (χ0v) is 7.50. The molecule has 12 heavy (non-hydrogen) atoms. The van der Waals surface area contributed by atoms with E-state index in [0.29, 0.717) is 0 Å². The Labute approximate surface area is 72.2 Å². The summed E-state index contributed by atoms with van der Waals surface area (Å²) in [6, 6.07) is 0. The number of nitrogens with one attached hydrogen (secondary N) is 1. The average molecular weight is 169 g/mol. The van der Waals surface area contributed by atoms with Gasteiger partial charge in [-0.2, -0.15) is 0 Å². The first-order chi connectivity index (χ1) is 5.63. The molecule has 4 heteroatoms. The summed E-state index contributed by atoms with van der Waals surface area (Å²) in [7, 11) is 0. The van der Waals surface area contributed by atoms with E-state index in [0.717, 1.165) is 18.9 Å². The van der Waals surface area contributed by atoms with Crippen LogP contribution < -0.4 is 11.1 Å². The highest BCUT2D eigenvalue weighted by molar-refractivity contribution is 6.03. The van der Waals surface area contributed by atoms with Gasteiger partial charge >= 0.3 is 0 Å². The van der Waals surface area contributed by atoms with Crippen LogP contribution in [0.3, 0.4) is 0 Å². The van der Waals surface area contributed by atoms with E-state index in [2.05, 4.69) is 10.3 Å². The molecule has 0 radical (unpaired) electrons. The van der Waals surface area contributed by atoms with Gasteiger partial charge in [-0.15, -0.1) is 0 Å².